The first-order valence-corrected chi connectivity index (χ1v) is 9.32. The molecule has 8 nitrogen and oxygen atoms in total. The van der Waals surface area contributed by atoms with Crippen LogP contribution in [0.15, 0.2) is 18.3 Å². The van der Waals surface area contributed by atoms with Crippen LogP contribution in [-0.4, -0.2) is 39.6 Å². The average molecular weight is 373 g/mol. The topological polar surface area (TPSA) is 88.7 Å². The molecule has 0 amide bonds. The van der Waals surface area contributed by atoms with Gasteiger partial charge >= 0.3 is 7.12 Å². The first-order chi connectivity index (χ1) is 12.7. The number of non-ortho nitro benzene ring substituents is 1. The van der Waals surface area contributed by atoms with Gasteiger partial charge in [-0.15, -0.1) is 0 Å². The number of rotatable bonds is 3. The molecule has 0 spiro atoms. The van der Waals surface area contributed by atoms with E-state index in [0.717, 1.165) is 19.3 Å². The van der Waals surface area contributed by atoms with Gasteiger partial charge in [0.25, 0.3) is 5.69 Å². The fourth-order valence-electron chi connectivity index (χ4n) is 3.56. The van der Waals surface area contributed by atoms with Crippen molar-refractivity contribution in [1.82, 2.24) is 9.78 Å². The maximum Gasteiger partial charge on any atom is 0.495 e. The van der Waals surface area contributed by atoms with Gasteiger partial charge in [0, 0.05) is 12.7 Å². The van der Waals surface area contributed by atoms with Crippen molar-refractivity contribution in [2.45, 2.75) is 64.4 Å². The summed E-state index contributed by atoms with van der Waals surface area (Å²) in [6, 6.07) is 3.40. The Kier molecular flexibility index (Phi) is 4.29. The van der Waals surface area contributed by atoms with Crippen LogP contribution in [0, 0.1) is 10.1 Å². The number of benzene rings is 1. The molecule has 0 saturated carbocycles. The van der Waals surface area contributed by atoms with E-state index in [9.17, 15) is 10.1 Å². The van der Waals surface area contributed by atoms with Crippen molar-refractivity contribution < 1.29 is 19.0 Å². The van der Waals surface area contributed by atoms with E-state index in [1.165, 1.54) is 6.07 Å². The molecule has 2 fully saturated rings. The molecule has 144 valence electrons. The maximum absolute atomic E-state index is 11.7. The number of fused-ring (bicyclic) bond motifs is 1. The summed E-state index contributed by atoms with van der Waals surface area (Å²) in [5, 5.41) is 16.6. The first-order valence-electron chi connectivity index (χ1n) is 9.32. The molecular weight excluding hydrogens is 349 g/mol. The quantitative estimate of drug-likeness (QED) is 0.467. The molecule has 2 aliphatic heterocycles. The molecule has 0 radical (unpaired) electrons. The second-order valence-electron chi connectivity index (χ2n) is 8.23. The molecular formula is C18H24BN3O5. The molecule has 1 aromatic heterocycles. The van der Waals surface area contributed by atoms with Gasteiger partial charge in [-0.05, 0) is 58.5 Å². The van der Waals surface area contributed by atoms with E-state index < -0.39 is 18.3 Å². The van der Waals surface area contributed by atoms with Gasteiger partial charge in [-0.1, -0.05) is 0 Å². The SMILES string of the molecule is CC1(C)OB(c2cc([N+](=O)[O-])c3cnn(C4CCCCO4)c3c2)OC1(C)C. The van der Waals surface area contributed by atoms with Crippen molar-refractivity contribution in [3.63, 3.8) is 0 Å². The van der Waals surface area contributed by atoms with Crippen LogP contribution in [0.3, 0.4) is 0 Å². The Morgan fingerprint density at radius 1 is 1.22 bits per heavy atom. The van der Waals surface area contributed by atoms with Gasteiger partial charge in [0.2, 0.25) is 0 Å². The molecule has 9 heteroatoms. The molecule has 1 atom stereocenters. The minimum Gasteiger partial charge on any atom is -0.399 e. The number of aromatic nitrogens is 2. The summed E-state index contributed by atoms with van der Waals surface area (Å²) in [5.74, 6) is 0. The number of hydrogen-bond acceptors (Lipinski definition) is 6. The van der Waals surface area contributed by atoms with Crippen LogP contribution >= 0.6 is 0 Å². The predicted octanol–water partition coefficient (Wildman–Crippen LogP) is 2.94. The van der Waals surface area contributed by atoms with Crippen LogP contribution < -0.4 is 5.46 Å². The number of ether oxygens (including phenoxy) is 1. The zero-order valence-electron chi connectivity index (χ0n) is 16.1. The molecule has 4 rings (SSSR count). The van der Waals surface area contributed by atoms with E-state index in [0.29, 0.717) is 23.0 Å². The Labute approximate surface area is 158 Å². The molecule has 2 aliphatic rings. The Hall–Kier alpha value is -1.97. The highest BCUT2D eigenvalue weighted by Crippen LogP contribution is 2.37. The van der Waals surface area contributed by atoms with E-state index in [-0.39, 0.29) is 16.8 Å². The smallest absolute Gasteiger partial charge is 0.399 e. The number of nitrogens with zero attached hydrogens (tertiary/aromatic N) is 3. The van der Waals surface area contributed by atoms with Gasteiger partial charge in [-0.2, -0.15) is 5.10 Å². The first kappa shape index (κ1) is 18.4. The molecule has 2 aromatic rings. The lowest BCUT2D eigenvalue weighted by Gasteiger charge is -2.32. The van der Waals surface area contributed by atoms with Gasteiger partial charge in [-0.3, -0.25) is 10.1 Å². The van der Waals surface area contributed by atoms with Crippen LogP contribution in [0.5, 0.6) is 0 Å². The van der Waals surface area contributed by atoms with Crippen LogP contribution in [0.2, 0.25) is 0 Å². The highest BCUT2D eigenvalue weighted by molar-refractivity contribution is 6.62. The molecule has 3 heterocycles. The van der Waals surface area contributed by atoms with E-state index >= 15 is 0 Å². The van der Waals surface area contributed by atoms with Crippen molar-refractivity contribution in [3.8, 4) is 0 Å². The Balaban J connectivity index is 1.81. The lowest BCUT2D eigenvalue weighted by Crippen LogP contribution is -2.41. The lowest BCUT2D eigenvalue weighted by molar-refractivity contribution is -0.383. The molecule has 1 aromatic carbocycles. The average Bonchev–Trinajstić information content (AvgIpc) is 3.12. The van der Waals surface area contributed by atoms with E-state index in [1.807, 2.05) is 33.8 Å². The summed E-state index contributed by atoms with van der Waals surface area (Å²) < 4.78 is 19.8. The third-order valence-corrected chi connectivity index (χ3v) is 5.87. The van der Waals surface area contributed by atoms with Gasteiger partial charge in [0.1, 0.15) is 0 Å². The van der Waals surface area contributed by atoms with Crippen molar-refractivity contribution >= 4 is 29.2 Å². The number of hydrogen-bond donors (Lipinski definition) is 0. The van der Waals surface area contributed by atoms with Crippen LogP contribution in [0.25, 0.3) is 10.9 Å². The van der Waals surface area contributed by atoms with Crippen molar-refractivity contribution in [3.05, 3.63) is 28.4 Å². The molecule has 1 unspecified atom stereocenters. The maximum atomic E-state index is 11.7. The van der Waals surface area contributed by atoms with Crippen molar-refractivity contribution in [2.75, 3.05) is 6.61 Å². The fourth-order valence-corrected chi connectivity index (χ4v) is 3.56. The fraction of sp³-hybridized carbons (Fsp3) is 0.611. The summed E-state index contributed by atoms with van der Waals surface area (Å²) in [7, 11) is -0.672. The number of nitro groups is 1. The van der Waals surface area contributed by atoms with E-state index in [1.54, 1.807) is 10.9 Å². The second kappa shape index (κ2) is 6.29. The van der Waals surface area contributed by atoms with Crippen molar-refractivity contribution in [1.29, 1.82) is 0 Å². The predicted molar refractivity (Wildman–Crippen MR) is 101 cm³/mol. The summed E-state index contributed by atoms with van der Waals surface area (Å²) in [4.78, 5) is 11.3. The molecule has 0 bridgehead atoms. The summed E-state index contributed by atoms with van der Waals surface area (Å²) >= 11 is 0. The highest BCUT2D eigenvalue weighted by Gasteiger charge is 2.52. The van der Waals surface area contributed by atoms with Crippen LogP contribution in [-0.2, 0) is 14.0 Å². The standard InChI is InChI=1S/C18H24BN3O5/c1-17(2)18(3,4)27-19(26-17)12-9-14-13(15(10-12)22(23)24)11-20-21(14)16-7-5-6-8-25-16/h9-11,16H,5-8H2,1-4H3. The van der Waals surface area contributed by atoms with Crippen LogP contribution in [0.4, 0.5) is 5.69 Å². The Morgan fingerprint density at radius 2 is 1.93 bits per heavy atom. The summed E-state index contributed by atoms with van der Waals surface area (Å²) in [5.41, 5.74) is 0.243. The number of nitro benzene ring substituents is 1. The zero-order valence-corrected chi connectivity index (χ0v) is 16.1. The largest absolute Gasteiger partial charge is 0.495 e. The Morgan fingerprint density at radius 3 is 2.52 bits per heavy atom. The third kappa shape index (κ3) is 3.03. The molecule has 2 saturated heterocycles. The minimum atomic E-state index is -0.672. The van der Waals surface area contributed by atoms with E-state index in [2.05, 4.69) is 5.10 Å². The van der Waals surface area contributed by atoms with Gasteiger partial charge < -0.3 is 14.0 Å². The van der Waals surface area contributed by atoms with E-state index in [4.69, 9.17) is 14.0 Å². The normalized spacial score (nSPS) is 24.4. The lowest BCUT2D eigenvalue weighted by atomic mass is 9.78. The molecule has 0 N–H and O–H groups in total. The minimum absolute atomic E-state index is 0.000674. The van der Waals surface area contributed by atoms with Gasteiger partial charge in [0.05, 0.1) is 33.2 Å². The molecule has 0 aliphatic carbocycles. The van der Waals surface area contributed by atoms with Crippen LogP contribution in [0.1, 0.15) is 53.2 Å². The summed E-state index contributed by atoms with van der Waals surface area (Å²) in [6.45, 7) is 8.51. The second-order valence-corrected chi connectivity index (χ2v) is 8.23. The molecule has 27 heavy (non-hydrogen) atoms. The van der Waals surface area contributed by atoms with Gasteiger partial charge in [0.15, 0.2) is 6.23 Å². The monoisotopic (exact) mass is 373 g/mol. The summed E-state index contributed by atoms with van der Waals surface area (Å²) in [6.07, 6.45) is 4.24. The third-order valence-electron chi connectivity index (χ3n) is 5.87. The van der Waals surface area contributed by atoms with Gasteiger partial charge in [-0.25, -0.2) is 4.68 Å². The Bertz CT molecular complexity index is 872. The highest BCUT2D eigenvalue weighted by atomic mass is 16.7. The zero-order chi connectivity index (χ0) is 19.4. The van der Waals surface area contributed by atoms with Crippen molar-refractivity contribution in [2.24, 2.45) is 0 Å².